The highest BCUT2D eigenvalue weighted by Crippen LogP contribution is 2.18. The minimum absolute atomic E-state index is 0.444. The van der Waals surface area contributed by atoms with Crippen LogP contribution in [0.15, 0.2) is 24.3 Å². The molecule has 90 valence electrons. The molecule has 0 saturated carbocycles. The molecule has 3 aromatic heterocycles. The molecule has 0 bridgehead atoms. The molecule has 0 radical (unpaired) electrons. The molecule has 0 atom stereocenters. The van der Waals surface area contributed by atoms with Crippen molar-refractivity contribution in [2.24, 2.45) is 0 Å². The number of hydrogen-bond acceptors (Lipinski definition) is 5. The molecule has 3 N–H and O–H groups in total. The summed E-state index contributed by atoms with van der Waals surface area (Å²) in [6, 6.07) is 7.75. The van der Waals surface area contributed by atoms with E-state index in [0.29, 0.717) is 17.9 Å². The average Bonchev–Trinajstić information content (AvgIpc) is 2.77. The van der Waals surface area contributed by atoms with Gasteiger partial charge in [0.25, 0.3) is 0 Å². The van der Waals surface area contributed by atoms with Crippen molar-refractivity contribution in [1.82, 2.24) is 25.4 Å². The smallest absolute Gasteiger partial charge is 0.203 e. The summed E-state index contributed by atoms with van der Waals surface area (Å²) < 4.78 is 0. The summed E-state index contributed by atoms with van der Waals surface area (Å²) in [5, 5.41) is 10.6. The maximum absolute atomic E-state index is 5.75. The zero-order valence-electron chi connectivity index (χ0n) is 9.88. The third kappa shape index (κ3) is 1.88. The number of H-pyrrole nitrogens is 1. The Morgan fingerprint density at radius 1 is 1.22 bits per heavy atom. The Hall–Kier alpha value is -2.50. The molecule has 3 aromatic rings. The van der Waals surface area contributed by atoms with Crippen LogP contribution in [0.2, 0.25) is 0 Å². The van der Waals surface area contributed by atoms with Crippen LogP contribution in [0.1, 0.15) is 17.0 Å². The SMILES string of the molecule is Cc1cccc(Cc2cc(N)nc3n[nH]nc23)n1. The number of nitrogen functional groups attached to an aromatic ring is 1. The molecule has 18 heavy (non-hydrogen) atoms. The zero-order chi connectivity index (χ0) is 12.5. The van der Waals surface area contributed by atoms with Crippen molar-refractivity contribution < 1.29 is 0 Å². The molecular weight excluding hydrogens is 228 g/mol. The molecule has 0 amide bonds. The van der Waals surface area contributed by atoms with Gasteiger partial charge >= 0.3 is 0 Å². The van der Waals surface area contributed by atoms with Gasteiger partial charge in [-0.25, -0.2) is 4.98 Å². The molecule has 0 aromatic carbocycles. The van der Waals surface area contributed by atoms with Crippen LogP contribution in [0.4, 0.5) is 5.82 Å². The topological polar surface area (TPSA) is 93.4 Å². The molecule has 0 saturated heterocycles. The van der Waals surface area contributed by atoms with E-state index in [2.05, 4.69) is 25.4 Å². The van der Waals surface area contributed by atoms with Gasteiger partial charge in [-0.3, -0.25) is 4.98 Å². The number of aromatic nitrogens is 5. The van der Waals surface area contributed by atoms with E-state index in [9.17, 15) is 0 Å². The van der Waals surface area contributed by atoms with Gasteiger partial charge < -0.3 is 5.73 Å². The summed E-state index contributed by atoms with van der Waals surface area (Å²) in [6.07, 6.45) is 0.664. The molecule has 6 heteroatoms. The summed E-state index contributed by atoms with van der Waals surface area (Å²) in [6.45, 7) is 1.97. The number of fused-ring (bicyclic) bond motifs is 1. The number of hydrogen-bond donors (Lipinski definition) is 2. The van der Waals surface area contributed by atoms with Crippen LogP contribution in [0.5, 0.6) is 0 Å². The summed E-state index contributed by atoms with van der Waals surface area (Å²) in [7, 11) is 0. The number of nitrogens with one attached hydrogen (secondary N) is 1. The maximum Gasteiger partial charge on any atom is 0.203 e. The van der Waals surface area contributed by atoms with E-state index in [1.807, 2.05) is 31.2 Å². The van der Waals surface area contributed by atoms with Crippen molar-refractivity contribution in [1.29, 1.82) is 0 Å². The number of aryl methyl sites for hydroxylation is 1. The van der Waals surface area contributed by atoms with Crippen LogP contribution in [0, 0.1) is 6.92 Å². The lowest BCUT2D eigenvalue weighted by molar-refractivity contribution is 0.952. The zero-order valence-corrected chi connectivity index (χ0v) is 9.88. The molecule has 0 fully saturated rings. The van der Waals surface area contributed by atoms with Gasteiger partial charge in [-0.15, -0.1) is 5.10 Å². The number of nitrogens with two attached hydrogens (primary N) is 1. The second kappa shape index (κ2) is 4.06. The predicted octanol–water partition coefficient (Wildman–Crippen LogP) is 1.23. The van der Waals surface area contributed by atoms with Crippen LogP contribution in [0.3, 0.4) is 0 Å². The lowest BCUT2D eigenvalue weighted by Gasteiger charge is -2.03. The normalized spacial score (nSPS) is 10.9. The average molecular weight is 240 g/mol. The summed E-state index contributed by atoms with van der Waals surface area (Å²) in [5.74, 6) is 0.444. The van der Waals surface area contributed by atoms with E-state index < -0.39 is 0 Å². The molecule has 3 heterocycles. The summed E-state index contributed by atoms with van der Waals surface area (Å²) >= 11 is 0. The molecule has 0 spiro atoms. The van der Waals surface area contributed by atoms with Gasteiger partial charge in [0.1, 0.15) is 11.3 Å². The van der Waals surface area contributed by atoms with Gasteiger partial charge in [-0.05, 0) is 30.7 Å². The van der Waals surface area contributed by atoms with Gasteiger partial charge in [-0.1, -0.05) is 6.07 Å². The maximum atomic E-state index is 5.75. The van der Waals surface area contributed by atoms with Crippen LogP contribution < -0.4 is 5.73 Å². The first kappa shape index (κ1) is 10.6. The number of nitrogens with zero attached hydrogens (tertiary/aromatic N) is 4. The Bertz CT molecular complexity index is 703. The van der Waals surface area contributed by atoms with E-state index in [1.165, 1.54) is 0 Å². The predicted molar refractivity (Wildman–Crippen MR) is 67.9 cm³/mol. The van der Waals surface area contributed by atoms with Crippen LogP contribution in [-0.4, -0.2) is 25.4 Å². The Morgan fingerprint density at radius 2 is 2.11 bits per heavy atom. The first-order chi connectivity index (χ1) is 8.72. The van der Waals surface area contributed by atoms with Gasteiger partial charge in [0.2, 0.25) is 5.65 Å². The fourth-order valence-corrected chi connectivity index (χ4v) is 1.95. The van der Waals surface area contributed by atoms with Crippen molar-refractivity contribution in [2.45, 2.75) is 13.3 Å². The molecule has 0 unspecified atom stereocenters. The van der Waals surface area contributed by atoms with E-state index in [-0.39, 0.29) is 0 Å². The third-order valence-corrected chi connectivity index (χ3v) is 2.71. The van der Waals surface area contributed by atoms with Gasteiger partial charge in [0, 0.05) is 17.8 Å². The van der Waals surface area contributed by atoms with Crippen molar-refractivity contribution in [3.8, 4) is 0 Å². The van der Waals surface area contributed by atoms with E-state index in [4.69, 9.17) is 5.73 Å². The molecule has 0 aliphatic heterocycles. The van der Waals surface area contributed by atoms with Crippen molar-refractivity contribution in [3.63, 3.8) is 0 Å². The molecule has 3 rings (SSSR count). The number of aromatic amines is 1. The lowest BCUT2D eigenvalue weighted by atomic mass is 10.1. The number of pyridine rings is 2. The Balaban J connectivity index is 2.06. The Labute approximate surface area is 103 Å². The molecule has 0 aliphatic rings. The Kier molecular flexibility index (Phi) is 2.40. The highest BCUT2D eigenvalue weighted by atomic mass is 15.3. The van der Waals surface area contributed by atoms with E-state index in [0.717, 1.165) is 22.5 Å². The van der Waals surface area contributed by atoms with Crippen LogP contribution >= 0.6 is 0 Å². The minimum atomic E-state index is 0.444. The number of rotatable bonds is 2. The first-order valence-electron chi connectivity index (χ1n) is 5.61. The number of anilines is 1. The first-order valence-corrected chi connectivity index (χ1v) is 5.61. The standard InChI is InChI=1S/C12H12N6/c1-7-3-2-4-9(14-7)5-8-6-10(13)15-12-11(8)16-18-17-12/h2-4,6H,5H2,1H3,(H3,13,15,16,17,18). The fraction of sp³-hybridized carbons (Fsp3) is 0.167. The second-order valence-corrected chi connectivity index (χ2v) is 4.15. The van der Waals surface area contributed by atoms with Crippen LogP contribution in [0.25, 0.3) is 11.2 Å². The third-order valence-electron chi connectivity index (χ3n) is 2.71. The lowest BCUT2D eigenvalue weighted by Crippen LogP contribution is -1.98. The second-order valence-electron chi connectivity index (χ2n) is 4.15. The monoisotopic (exact) mass is 240 g/mol. The van der Waals surface area contributed by atoms with E-state index >= 15 is 0 Å². The Morgan fingerprint density at radius 3 is 2.94 bits per heavy atom. The fourth-order valence-electron chi connectivity index (χ4n) is 1.95. The summed E-state index contributed by atoms with van der Waals surface area (Å²) in [4.78, 5) is 8.58. The minimum Gasteiger partial charge on any atom is -0.384 e. The van der Waals surface area contributed by atoms with Crippen molar-refractivity contribution in [2.75, 3.05) is 5.73 Å². The molecule has 6 nitrogen and oxygen atoms in total. The summed E-state index contributed by atoms with van der Waals surface area (Å²) in [5.41, 5.74) is 9.98. The van der Waals surface area contributed by atoms with Gasteiger partial charge in [0.05, 0.1) is 0 Å². The van der Waals surface area contributed by atoms with Gasteiger partial charge in [0.15, 0.2) is 0 Å². The largest absolute Gasteiger partial charge is 0.384 e. The highest BCUT2D eigenvalue weighted by Gasteiger charge is 2.09. The van der Waals surface area contributed by atoms with Crippen molar-refractivity contribution in [3.05, 3.63) is 41.2 Å². The van der Waals surface area contributed by atoms with Crippen LogP contribution in [-0.2, 0) is 6.42 Å². The van der Waals surface area contributed by atoms with Crippen molar-refractivity contribution >= 4 is 17.0 Å². The highest BCUT2D eigenvalue weighted by molar-refractivity contribution is 5.75. The van der Waals surface area contributed by atoms with Gasteiger partial charge in [-0.2, -0.15) is 10.3 Å². The molecule has 0 aliphatic carbocycles. The molecular formula is C12H12N6. The van der Waals surface area contributed by atoms with E-state index in [1.54, 1.807) is 0 Å². The quantitative estimate of drug-likeness (QED) is 0.702.